The number of carbonyl (C=O) groups is 10. The van der Waals surface area contributed by atoms with Gasteiger partial charge in [-0.1, -0.05) is 53.4 Å². The molecule has 20 atom stereocenters. The number of aliphatic hydroxyl groups excluding tert-OH is 8. The van der Waals surface area contributed by atoms with Gasteiger partial charge in [-0.05, 0) is 209 Å². The van der Waals surface area contributed by atoms with E-state index >= 15 is 0 Å². The number of rotatable bonds is 31. The van der Waals surface area contributed by atoms with Crippen LogP contribution in [0.5, 0.6) is 0 Å². The van der Waals surface area contributed by atoms with Gasteiger partial charge in [0.05, 0.1) is 60.0 Å². The second kappa shape index (κ2) is 54.9. The molecule has 710 valence electrons. The van der Waals surface area contributed by atoms with Gasteiger partial charge in [0.15, 0.2) is 61.0 Å². The van der Waals surface area contributed by atoms with Crippen LogP contribution in [-0.2, 0) is 124 Å². The zero-order chi connectivity index (χ0) is 92.8. The maximum atomic E-state index is 13.2. The highest BCUT2D eigenvalue weighted by Gasteiger charge is 2.54. The van der Waals surface area contributed by atoms with E-state index in [0.717, 1.165) is 83.5 Å². The molecule has 0 amide bonds. The lowest BCUT2D eigenvalue weighted by Crippen LogP contribution is -2.59. The molecule has 0 spiro atoms. The SMILES string of the molecule is CC1(C)CCCO[C@H](C(=O)Cl)[C@@H]([C@@H]2OCCCC(C)(C)O[C@H]2C(=O)Cl)O1.CC1(C)CCCO[C@H](C(=O)O)[C@@H]([C@@H]2OCCCC(C)(C)O[C@H]2C(=O)O)O1.CCCCOC(=O)[C@@H](O)[C@H](O)[C@H](O)[C@@H](O)C(=O)OCCCC.CCCCOC(=O)[C@H]1OCCCC(C)(C)O[C@@H]1[C@@H]1OCCCC(C)(C)O[C@H]1C(=O)OCCCC.O=C(O)[C@@H](O)[C@H](O)[C@H](O)[C@@H](O)C(=O)O. The van der Waals surface area contributed by atoms with Crippen molar-refractivity contribution in [2.75, 3.05) is 66.1 Å². The van der Waals surface area contributed by atoms with E-state index in [9.17, 15) is 78.6 Å². The van der Waals surface area contributed by atoms with Gasteiger partial charge < -0.3 is 137 Å². The smallest absolute Gasteiger partial charge is 0.338 e. The Bertz CT molecular complexity index is 3000. The molecule has 0 saturated carbocycles. The van der Waals surface area contributed by atoms with E-state index in [-0.39, 0.29) is 19.8 Å². The van der Waals surface area contributed by atoms with Crippen LogP contribution in [0.2, 0.25) is 0 Å². The molecule has 6 rings (SSSR count). The van der Waals surface area contributed by atoms with Crippen LogP contribution in [0.15, 0.2) is 0 Å². The summed E-state index contributed by atoms with van der Waals surface area (Å²) in [6.07, 6.45) is -15.7. The summed E-state index contributed by atoms with van der Waals surface area (Å²) in [4.78, 5) is 117. The molecule has 38 nitrogen and oxygen atoms in total. The van der Waals surface area contributed by atoms with Gasteiger partial charge in [-0.3, -0.25) is 9.59 Å². The molecule has 6 aliphatic heterocycles. The molecule has 6 aliphatic rings. The molecular weight excluding hydrogens is 1660 g/mol. The Morgan fingerprint density at radius 3 is 0.852 bits per heavy atom. The van der Waals surface area contributed by atoms with Crippen molar-refractivity contribution in [2.45, 2.75) is 395 Å². The summed E-state index contributed by atoms with van der Waals surface area (Å²) in [5, 5.41) is 108. The van der Waals surface area contributed by atoms with Crippen LogP contribution in [0.4, 0.5) is 0 Å². The van der Waals surface area contributed by atoms with Crippen LogP contribution in [-0.4, -0.2) is 341 Å². The van der Waals surface area contributed by atoms with Crippen molar-refractivity contribution >= 4 is 81.4 Å². The molecule has 6 saturated heterocycles. The van der Waals surface area contributed by atoms with E-state index in [2.05, 4.69) is 9.47 Å². The second-order valence-electron chi connectivity index (χ2n) is 34.2. The van der Waals surface area contributed by atoms with Crippen LogP contribution in [0.3, 0.4) is 0 Å². The highest BCUT2D eigenvalue weighted by atomic mass is 35.5. The number of carbonyl (C=O) groups excluding carboxylic acids is 6. The minimum atomic E-state index is -2.36. The van der Waals surface area contributed by atoms with E-state index in [1.165, 1.54) is 0 Å². The van der Waals surface area contributed by atoms with Gasteiger partial charge in [0.25, 0.3) is 10.5 Å². The third kappa shape index (κ3) is 40.0. The van der Waals surface area contributed by atoms with Gasteiger partial charge in [-0.2, -0.15) is 0 Å². The van der Waals surface area contributed by atoms with E-state index in [4.69, 9.17) is 120 Å². The van der Waals surface area contributed by atoms with Crippen LogP contribution in [0.25, 0.3) is 0 Å². The van der Waals surface area contributed by atoms with E-state index in [0.29, 0.717) is 91.2 Å². The Morgan fingerprint density at radius 2 is 0.541 bits per heavy atom. The zero-order valence-corrected chi connectivity index (χ0v) is 75.0. The maximum absolute atomic E-state index is 13.2. The first-order valence-corrected chi connectivity index (χ1v) is 42.7. The number of unbranched alkanes of at least 4 members (excludes halogenated alkanes) is 4. The molecular formula is C82H140Cl2O38. The molecule has 6 fully saturated rings. The fourth-order valence-electron chi connectivity index (χ4n) is 13.3. The normalized spacial score (nSPS) is 28.6. The Labute approximate surface area is 724 Å². The number of aliphatic hydroxyl groups is 8. The summed E-state index contributed by atoms with van der Waals surface area (Å²) in [5.41, 5.74) is -3.51. The van der Waals surface area contributed by atoms with Crippen molar-refractivity contribution in [1.82, 2.24) is 0 Å². The quantitative estimate of drug-likeness (QED) is 0.0185. The summed E-state index contributed by atoms with van der Waals surface area (Å²) < 4.78 is 92.4. The Balaban J connectivity index is 0.000000529. The van der Waals surface area contributed by atoms with E-state index in [1.807, 2.05) is 111 Å². The number of hydrogen-bond donors (Lipinski definition) is 12. The van der Waals surface area contributed by atoms with Crippen molar-refractivity contribution in [3.05, 3.63) is 0 Å². The number of hydrogen-bond acceptors (Lipinski definition) is 34. The number of halogens is 2. The largest absolute Gasteiger partial charge is 0.479 e. The topological polar surface area (TPSA) is 561 Å². The third-order valence-corrected chi connectivity index (χ3v) is 20.6. The number of aliphatic carboxylic acids is 4. The summed E-state index contributed by atoms with van der Waals surface area (Å²) in [7, 11) is 0. The predicted molar refractivity (Wildman–Crippen MR) is 431 cm³/mol. The average molecular weight is 1800 g/mol. The molecule has 40 heteroatoms. The number of ether oxygens (including phenoxy) is 16. The first-order valence-electron chi connectivity index (χ1n) is 42.0. The van der Waals surface area contributed by atoms with Crippen molar-refractivity contribution in [3.8, 4) is 0 Å². The fraction of sp³-hybridized carbons (Fsp3) is 0.878. The first kappa shape index (κ1) is 113. The van der Waals surface area contributed by atoms with Crippen molar-refractivity contribution in [3.63, 3.8) is 0 Å². The van der Waals surface area contributed by atoms with Gasteiger partial charge in [0, 0.05) is 39.6 Å². The average Bonchev–Trinajstić information content (AvgIpc) is 0.802. The number of carboxylic acid groups (broad SMARTS) is 4. The van der Waals surface area contributed by atoms with E-state index in [1.54, 1.807) is 0 Å². The van der Waals surface area contributed by atoms with E-state index < -0.39 is 214 Å². The third-order valence-electron chi connectivity index (χ3n) is 20.2. The minimum Gasteiger partial charge on any atom is -0.479 e. The number of esters is 4. The minimum absolute atomic E-state index is 0.0663. The summed E-state index contributed by atoms with van der Waals surface area (Å²) in [5.74, 6) is -9.37. The van der Waals surface area contributed by atoms with Crippen LogP contribution in [0, 0.1) is 0 Å². The molecule has 0 bridgehead atoms. The Morgan fingerprint density at radius 1 is 0.303 bits per heavy atom. The maximum Gasteiger partial charge on any atom is 0.338 e. The molecule has 0 unspecified atom stereocenters. The summed E-state index contributed by atoms with van der Waals surface area (Å²) >= 11 is 11.6. The Hall–Kier alpha value is -5.12. The number of carboxylic acids is 4. The molecule has 122 heavy (non-hydrogen) atoms. The zero-order valence-electron chi connectivity index (χ0n) is 73.5. The van der Waals surface area contributed by atoms with Gasteiger partial charge in [-0.15, -0.1) is 0 Å². The fourth-order valence-corrected chi connectivity index (χ4v) is 13.7. The molecule has 0 aliphatic carbocycles. The van der Waals surface area contributed by atoms with Crippen LogP contribution in [0.1, 0.15) is 239 Å². The standard InChI is InChI=1S/C26H46O8.C18H28Cl2O6.C18H30O8.C14H26O8.C6H10O8/c1-7-9-15-31-23(27)21-20(33-25(3,4)13-12-18-30-21)19-22(24(28)32-16-10-8-2)34-26(5,6)14-11-17-29-19;1-17(2)7-6-10-24-13(15(19)21)12(25-17)11-14(16(20)22)26-18(3,4)8-5-9-23-11;1-17(2)7-6-10-24-13(15(19)20)12(25-17)11-14(16(21)22)26-18(3,4)8-5-9-23-11;1-3-5-7-21-13(19)11(17)9(15)10(16)12(18)14(20)22-8-6-4-2;7-1(3(9)5(11)12)2(8)4(10)6(13)14/h19-22H,7-18H2,1-6H3;11-14H,5-10H2,1-4H3;11-14H,5-10H2,1-4H3,(H,19,20)(H,21,22);9-12,15-18H,3-8H2,1-2H3;1-4,7-10H,(H,11,12)(H,13,14)/t19-,20+,21-,22+;2*11-,12+,13-,14+;9-,10+,11+,12-;1-,2+,3+,4-/m000../s1. The lowest BCUT2D eigenvalue weighted by Gasteiger charge is -2.44. The van der Waals surface area contributed by atoms with Crippen LogP contribution < -0.4 is 0 Å². The monoisotopic (exact) mass is 1800 g/mol. The van der Waals surface area contributed by atoms with Gasteiger partial charge in [-0.25, -0.2) is 38.4 Å². The molecule has 6 heterocycles. The first-order chi connectivity index (χ1) is 56.8. The second-order valence-corrected chi connectivity index (χ2v) is 35.0. The molecule has 12 N–H and O–H groups in total. The molecule has 0 aromatic heterocycles. The lowest BCUT2D eigenvalue weighted by atomic mass is 9.94. The van der Waals surface area contributed by atoms with Gasteiger partial charge in [0.1, 0.15) is 61.0 Å². The summed E-state index contributed by atoms with van der Waals surface area (Å²) in [6, 6.07) is 0. The lowest BCUT2D eigenvalue weighted by molar-refractivity contribution is -0.247. The summed E-state index contributed by atoms with van der Waals surface area (Å²) in [6.45, 7) is 33.5. The molecule has 0 radical (unpaired) electrons. The molecule has 0 aromatic carbocycles. The van der Waals surface area contributed by atoms with Crippen molar-refractivity contribution < 1.29 is 185 Å². The predicted octanol–water partition coefficient (Wildman–Crippen LogP) is 5.12. The van der Waals surface area contributed by atoms with Crippen molar-refractivity contribution in [2.24, 2.45) is 0 Å². The van der Waals surface area contributed by atoms with Crippen molar-refractivity contribution in [1.29, 1.82) is 0 Å². The van der Waals surface area contributed by atoms with Gasteiger partial charge >= 0.3 is 47.8 Å². The van der Waals surface area contributed by atoms with Crippen LogP contribution >= 0.6 is 23.2 Å². The highest BCUT2D eigenvalue weighted by Crippen LogP contribution is 2.38. The van der Waals surface area contributed by atoms with Gasteiger partial charge in [0.2, 0.25) is 0 Å². The molecule has 0 aromatic rings. The Kier molecular flexibility index (Phi) is 50.8. The highest BCUT2D eigenvalue weighted by molar-refractivity contribution is 6.65.